The van der Waals surface area contributed by atoms with Crippen LogP contribution >= 0.6 is 0 Å². The Morgan fingerprint density at radius 2 is 1.83 bits per heavy atom. The van der Waals surface area contributed by atoms with Crippen molar-refractivity contribution in [2.45, 2.75) is 52.9 Å². The summed E-state index contributed by atoms with van der Waals surface area (Å²) in [5, 5.41) is 2.91. The fraction of sp³-hybridized carbons (Fsp3) is 0.345. The maximum atomic E-state index is 14.0. The lowest BCUT2D eigenvalue weighted by atomic mass is 9.60. The predicted octanol–water partition coefficient (Wildman–Crippen LogP) is 4.39. The maximum Gasteiger partial charge on any atom is 0.339 e. The van der Waals surface area contributed by atoms with Crippen LogP contribution in [0.4, 0.5) is 11.4 Å². The first-order valence-corrected chi connectivity index (χ1v) is 12.3. The van der Waals surface area contributed by atoms with E-state index in [4.69, 9.17) is 10.5 Å². The number of nitrogens with zero attached hydrogens (tertiary/aromatic N) is 1. The van der Waals surface area contributed by atoms with Crippen molar-refractivity contribution in [3.63, 3.8) is 0 Å². The fourth-order valence-electron chi connectivity index (χ4n) is 6.03. The van der Waals surface area contributed by atoms with Gasteiger partial charge in [-0.05, 0) is 50.3 Å². The predicted molar refractivity (Wildman–Crippen MR) is 138 cm³/mol. The number of allylic oxidation sites excluding steroid dienone is 1. The van der Waals surface area contributed by atoms with Gasteiger partial charge in [0.1, 0.15) is 16.8 Å². The molecule has 2 aromatic rings. The lowest BCUT2D eigenvalue weighted by Gasteiger charge is -2.47. The van der Waals surface area contributed by atoms with Gasteiger partial charge >= 0.3 is 5.97 Å². The number of carbonyl (C=O) groups is 3. The fourth-order valence-corrected chi connectivity index (χ4v) is 6.03. The number of ether oxygens (including phenoxy) is 1. The zero-order chi connectivity index (χ0) is 26.0. The Bertz CT molecular complexity index is 1400. The van der Waals surface area contributed by atoms with Crippen LogP contribution in [-0.2, 0) is 24.5 Å². The van der Waals surface area contributed by atoms with Crippen molar-refractivity contribution in [3.8, 4) is 0 Å². The second-order valence-corrected chi connectivity index (χ2v) is 10.6. The van der Waals surface area contributed by atoms with Crippen molar-refractivity contribution in [2.24, 2.45) is 11.1 Å². The highest BCUT2D eigenvalue weighted by Crippen LogP contribution is 2.57. The molecule has 0 saturated carbocycles. The van der Waals surface area contributed by atoms with Gasteiger partial charge in [0.15, 0.2) is 5.78 Å². The first-order valence-electron chi connectivity index (χ1n) is 12.3. The van der Waals surface area contributed by atoms with Gasteiger partial charge in [-0.3, -0.25) is 14.5 Å². The number of nitrogens with one attached hydrogen (secondary N) is 1. The number of hydrogen-bond acceptors (Lipinski definition) is 6. The average Bonchev–Trinajstić information content (AvgIpc) is 3.06. The summed E-state index contributed by atoms with van der Waals surface area (Å²) >= 11 is 0. The normalized spacial score (nSPS) is 22.5. The summed E-state index contributed by atoms with van der Waals surface area (Å²) in [4.78, 5) is 43.5. The van der Waals surface area contributed by atoms with Crippen LogP contribution in [0.2, 0.25) is 0 Å². The number of nitrogens with two attached hydrogens (primary N) is 1. The van der Waals surface area contributed by atoms with Crippen molar-refractivity contribution in [1.29, 1.82) is 0 Å². The molecule has 7 heteroatoms. The zero-order valence-electron chi connectivity index (χ0n) is 21.3. The van der Waals surface area contributed by atoms with E-state index in [2.05, 4.69) is 5.32 Å². The molecule has 0 saturated heterocycles. The summed E-state index contributed by atoms with van der Waals surface area (Å²) in [6, 6.07) is 13.1. The molecule has 2 heterocycles. The molecular weight excluding hydrogens is 454 g/mol. The number of rotatable bonds is 3. The van der Waals surface area contributed by atoms with Gasteiger partial charge in [0, 0.05) is 28.9 Å². The number of carbonyl (C=O) groups excluding carboxylic acids is 3. The number of hydrogen-bond donors (Lipinski definition) is 2. The Balaban J connectivity index is 1.93. The van der Waals surface area contributed by atoms with Crippen molar-refractivity contribution >= 4 is 29.0 Å². The van der Waals surface area contributed by atoms with Gasteiger partial charge < -0.3 is 15.8 Å². The molecule has 2 aromatic carbocycles. The van der Waals surface area contributed by atoms with Crippen molar-refractivity contribution in [3.05, 3.63) is 81.8 Å². The third-order valence-electron chi connectivity index (χ3n) is 7.36. The monoisotopic (exact) mass is 485 g/mol. The topological polar surface area (TPSA) is 102 Å². The Morgan fingerprint density at radius 1 is 1.11 bits per heavy atom. The molecule has 0 bridgehead atoms. The van der Waals surface area contributed by atoms with Crippen molar-refractivity contribution in [2.75, 3.05) is 16.8 Å². The van der Waals surface area contributed by atoms with Gasteiger partial charge in [-0.15, -0.1) is 0 Å². The van der Waals surface area contributed by atoms with Crippen molar-refractivity contribution in [1.82, 2.24) is 0 Å². The highest BCUT2D eigenvalue weighted by Gasteiger charge is 2.63. The highest BCUT2D eigenvalue weighted by molar-refractivity contribution is 6.23. The van der Waals surface area contributed by atoms with E-state index in [0.29, 0.717) is 28.9 Å². The van der Waals surface area contributed by atoms with Crippen LogP contribution in [0.3, 0.4) is 0 Å². The molecule has 3 aliphatic rings. The van der Waals surface area contributed by atoms with E-state index in [1.54, 1.807) is 36.1 Å². The lowest BCUT2D eigenvalue weighted by molar-refractivity contribution is -0.140. The molecule has 186 valence electrons. The SMILES string of the molecule is CCOC(=O)C1=C(N)N(c2ccc(C)cc2C)C2=C(C(=O)CC(C)(C)C2)C12C(=O)Nc1ccccc12. The van der Waals surface area contributed by atoms with Crippen LogP contribution in [0, 0.1) is 19.3 Å². The first kappa shape index (κ1) is 23.9. The van der Waals surface area contributed by atoms with Crippen molar-refractivity contribution < 1.29 is 19.1 Å². The Labute approximate surface area is 211 Å². The van der Waals surface area contributed by atoms with Crippen LogP contribution in [0.15, 0.2) is 65.1 Å². The number of esters is 1. The number of benzene rings is 2. The second kappa shape index (κ2) is 8.08. The van der Waals surface area contributed by atoms with Gasteiger partial charge in [0.25, 0.3) is 0 Å². The molecule has 3 N–H and O–H groups in total. The number of ketones is 1. The van der Waals surface area contributed by atoms with E-state index in [0.717, 1.165) is 16.8 Å². The summed E-state index contributed by atoms with van der Waals surface area (Å²) in [6.45, 7) is 9.84. The van der Waals surface area contributed by atoms with Gasteiger partial charge in [-0.1, -0.05) is 49.7 Å². The van der Waals surface area contributed by atoms with Gasteiger partial charge in [0.05, 0.1) is 12.3 Å². The van der Waals surface area contributed by atoms with E-state index in [-0.39, 0.29) is 35.6 Å². The Kier molecular flexibility index (Phi) is 5.36. The Morgan fingerprint density at radius 3 is 2.53 bits per heavy atom. The summed E-state index contributed by atoms with van der Waals surface area (Å²) in [5.41, 5.74) is 9.68. The summed E-state index contributed by atoms with van der Waals surface area (Å²) in [6.07, 6.45) is 0.759. The number of anilines is 2. The smallest absolute Gasteiger partial charge is 0.339 e. The van der Waals surface area contributed by atoms with Gasteiger partial charge in [-0.25, -0.2) is 4.79 Å². The molecule has 2 aliphatic heterocycles. The minimum atomic E-state index is -1.68. The molecule has 1 unspecified atom stereocenters. The third kappa shape index (κ3) is 3.22. The van der Waals surface area contributed by atoms with E-state index in [1.807, 2.05) is 45.9 Å². The molecular formula is C29H31N3O4. The number of para-hydroxylation sites is 1. The molecule has 1 amide bonds. The van der Waals surface area contributed by atoms with Crippen LogP contribution in [-0.4, -0.2) is 24.3 Å². The van der Waals surface area contributed by atoms with E-state index in [9.17, 15) is 14.4 Å². The van der Waals surface area contributed by atoms with Crippen LogP contribution in [0.5, 0.6) is 0 Å². The standard InChI is InChI=1S/C29H31N3O4/c1-6-36-26(34)24-25(30)32(20-12-11-16(2)13-17(20)3)21-14-28(4,5)15-22(33)23(21)29(24)18-9-7-8-10-19(18)31-27(29)35/h7-13H,6,14-15,30H2,1-5H3,(H,31,35). The lowest BCUT2D eigenvalue weighted by Crippen LogP contribution is -2.54. The number of aryl methyl sites for hydroxylation is 2. The van der Waals surface area contributed by atoms with Crippen LogP contribution in [0.1, 0.15) is 50.3 Å². The summed E-state index contributed by atoms with van der Waals surface area (Å²) in [5.74, 6) is -1.23. The van der Waals surface area contributed by atoms with Gasteiger partial charge in [0.2, 0.25) is 5.91 Å². The molecule has 1 aliphatic carbocycles. The highest BCUT2D eigenvalue weighted by atomic mass is 16.5. The first-order chi connectivity index (χ1) is 17.0. The van der Waals surface area contributed by atoms with Crippen LogP contribution < -0.4 is 16.0 Å². The molecule has 5 rings (SSSR count). The number of amides is 1. The maximum absolute atomic E-state index is 14.0. The molecule has 1 atom stereocenters. The summed E-state index contributed by atoms with van der Waals surface area (Å²) < 4.78 is 5.47. The second-order valence-electron chi connectivity index (χ2n) is 10.6. The average molecular weight is 486 g/mol. The molecule has 7 nitrogen and oxygen atoms in total. The van der Waals surface area contributed by atoms with E-state index >= 15 is 0 Å². The largest absolute Gasteiger partial charge is 0.462 e. The van der Waals surface area contributed by atoms with Crippen LogP contribution in [0.25, 0.3) is 0 Å². The number of fused-ring (bicyclic) bond motifs is 3. The molecule has 1 spiro atoms. The Hall–Kier alpha value is -3.87. The quantitative estimate of drug-likeness (QED) is 0.626. The minimum absolute atomic E-state index is 0.0152. The molecule has 36 heavy (non-hydrogen) atoms. The molecule has 0 radical (unpaired) electrons. The number of Topliss-reactive ketones (excluding diaryl/α,β-unsaturated/α-hetero) is 1. The third-order valence-corrected chi connectivity index (χ3v) is 7.36. The molecule has 0 aromatic heterocycles. The summed E-state index contributed by atoms with van der Waals surface area (Å²) in [7, 11) is 0. The molecule has 0 fully saturated rings. The minimum Gasteiger partial charge on any atom is -0.462 e. The van der Waals surface area contributed by atoms with E-state index < -0.39 is 17.3 Å². The van der Waals surface area contributed by atoms with Gasteiger partial charge in [-0.2, -0.15) is 0 Å². The van der Waals surface area contributed by atoms with E-state index in [1.165, 1.54) is 0 Å². The zero-order valence-corrected chi connectivity index (χ0v) is 21.3.